The molecule has 21 heavy (non-hydrogen) atoms. The van der Waals surface area contributed by atoms with Gasteiger partial charge in [-0.05, 0) is 37.1 Å². The molecule has 0 fully saturated rings. The molecule has 0 saturated carbocycles. The Labute approximate surface area is 131 Å². The van der Waals surface area contributed by atoms with E-state index in [-0.39, 0.29) is 5.78 Å². The van der Waals surface area contributed by atoms with E-state index in [1.54, 1.807) is 11.3 Å². The first-order chi connectivity index (χ1) is 10.2. The number of unbranched alkanes of at least 4 members (excludes halogenated alkanes) is 1. The second-order valence-corrected chi connectivity index (χ2v) is 6.32. The molecule has 3 heteroatoms. The molecule has 112 valence electrons. The predicted octanol–water partition coefficient (Wildman–Crippen LogP) is 4.80. The monoisotopic (exact) mass is 301 g/mol. The largest absolute Gasteiger partial charge is 0.364 e. The van der Waals surface area contributed by atoms with Gasteiger partial charge in [0.15, 0.2) is 5.78 Å². The van der Waals surface area contributed by atoms with Crippen molar-refractivity contribution in [3.63, 3.8) is 0 Å². The number of rotatable bonds is 8. The highest BCUT2D eigenvalue weighted by atomic mass is 32.1. The van der Waals surface area contributed by atoms with Gasteiger partial charge in [0.2, 0.25) is 0 Å². The zero-order valence-corrected chi connectivity index (χ0v) is 13.7. The van der Waals surface area contributed by atoms with E-state index in [1.165, 1.54) is 4.88 Å². The maximum atomic E-state index is 12.5. The Bertz CT molecular complexity index is 562. The molecule has 0 radical (unpaired) electrons. The molecule has 2 aromatic rings. The summed E-state index contributed by atoms with van der Waals surface area (Å²) < 4.78 is 0. The number of anilines is 1. The van der Waals surface area contributed by atoms with Crippen molar-refractivity contribution in [3.05, 3.63) is 52.2 Å². The number of Topliss-reactive ketones (excluding diaryl/α,β-unsaturated/α-hetero) is 1. The molecule has 0 aliphatic heterocycles. The van der Waals surface area contributed by atoms with E-state index in [4.69, 9.17) is 0 Å². The lowest BCUT2D eigenvalue weighted by molar-refractivity contribution is 0.100. The van der Waals surface area contributed by atoms with Crippen LogP contribution in [0.3, 0.4) is 0 Å². The highest BCUT2D eigenvalue weighted by Gasteiger charge is 2.14. The molecule has 0 aliphatic rings. The van der Waals surface area contributed by atoms with E-state index in [0.29, 0.717) is 6.54 Å². The third-order valence-corrected chi connectivity index (χ3v) is 4.79. The Balaban J connectivity index is 2.09. The summed E-state index contributed by atoms with van der Waals surface area (Å²) in [6.45, 7) is 5.70. The fourth-order valence-corrected chi connectivity index (χ4v) is 3.13. The number of thiophene rings is 1. The average molecular weight is 301 g/mol. The molecule has 0 atom stereocenters. The van der Waals surface area contributed by atoms with Crippen LogP contribution in [-0.2, 0) is 6.42 Å². The maximum absolute atomic E-state index is 12.5. The first-order valence-electron chi connectivity index (χ1n) is 7.66. The normalized spacial score (nSPS) is 10.6. The number of carbonyl (C=O) groups excluding carboxylic acids is 1. The topological polar surface area (TPSA) is 20.3 Å². The van der Waals surface area contributed by atoms with Crippen molar-refractivity contribution >= 4 is 22.8 Å². The summed E-state index contributed by atoms with van der Waals surface area (Å²) in [6.07, 6.45) is 3.24. The molecule has 0 spiro atoms. The van der Waals surface area contributed by atoms with Crippen LogP contribution in [0.25, 0.3) is 0 Å². The summed E-state index contributed by atoms with van der Waals surface area (Å²) in [5.74, 6) is 0.222. The maximum Gasteiger partial charge on any atom is 0.191 e. The highest BCUT2D eigenvalue weighted by molar-refractivity contribution is 7.14. The number of hydrogen-bond donors (Lipinski definition) is 0. The standard InChI is InChI=1S/C18H23NOS/c1-3-5-13-19(15-9-7-6-8-10-15)14-17(20)18-12-11-16(4-2)21-18/h6-12H,3-5,13-14H2,1-2H3. The number of hydrogen-bond acceptors (Lipinski definition) is 3. The molecule has 0 saturated heterocycles. The third kappa shape index (κ3) is 4.43. The van der Waals surface area contributed by atoms with Gasteiger partial charge in [0.1, 0.15) is 0 Å². The molecule has 1 aromatic heterocycles. The van der Waals surface area contributed by atoms with Crippen molar-refractivity contribution in [1.82, 2.24) is 0 Å². The van der Waals surface area contributed by atoms with E-state index < -0.39 is 0 Å². The van der Waals surface area contributed by atoms with Crippen molar-refractivity contribution in [2.45, 2.75) is 33.1 Å². The SMILES string of the molecule is CCCCN(CC(=O)c1ccc(CC)s1)c1ccccc1. The van der Waals surface area contributed by atoms with Crippen LogP contribution < -0.4 is 4.90 Å². The molecule has 2 nitrogen and oxygen atoms in total. The van der Waals surface area contributed by atoms with Crippen LogP contribution in [-0.4, -0.2) is 18.9 Å². The minimum absolute atomic E-state index is 0.222. The van der Waals surface area contributed by atoms with Crippen LogP contribution in [0, 0.1) is 0 Å². The summed E-state index contributed by atoms with van der Waals surface area (Å²) in [6, 6.07) is 14.3. The lowest BCUT2D eigenvalue weighted by Crippen LogP contribution is -2.30. The van der Waals surface area contributed by atoms with Crippen LogP contribution >= 0.6 is 11.3 Å². The quantitative estimate of drug-likeness (QED) is 0.653. The smallest absolute Gasteiger partial charge is 0.191 e. The molecular weight excluding hydrogens is 278 g/mol. The number of para-hydroxylation sites is 1. The van der Waals surface area contributed by atoms with Crippen LogP contribution in [0.15, 0.2) is 42.5 Å². The van der Waals surface area contributed by atoms with Crippen LogP contribution in [0.1, 0.15) is 41.2 Å². The molecule has 0 N–H and O–H groups in total. The number of ketones is 1. The molecule has 1 aromatic carbocycles. The zero-order valence-electron chi connectivity index (χ0n) is 12.8. The lowest BCUT2D eigenvalue weighted by atomic mass is 10.2. The number of carbonyl (C=O) groups is 1. The van der Waals surface area contributed by atoms with E-state index in [0.717, 1.165) is 36.4 Å². The van der Waals surface area contributed by atoms with Crippen LogP contribution in [0.2, 0.25) is 0 Å². The van der Waals surface area contributed by atoms with Gasteiger partial charge in [0.25, 0.3) is 0 Å². The van der Waals surface area contributed by atoms with Crippen molar-refractivity contribution in [2.75, 3.05) is 18.0 Å². The number of nitrogens with zero attached hydrogens (tertiary/aromatic N) is 1. The summed E-state index contributed by atoms with van der Waals surface area (Å²) in [4.78, 5) is 16.8. The fourth-order valence-electron chi connectivity index (χ4n) is 2.26. The minimum atomic E-state index is 0.222. The van der Waals surface area contributed by atoms with E-state index in [2.05, 4.69) is 36.9 Å². The second kappa shape index (κ2) is 7.99. The summed E-state index contributed by atoms with van der Waals surface area (Å²) in [7, 11) is 0. The van der Waals surface area contributed by atoms with Gasteiger partial charge >= 0.3 is 0 Å². The van der Waals surface area contributed by atoms with Crippen LogP contribution in [0.5, 0.6) is 0 Å². The fraction of sp³-hybridized carbons (Fsp3) is 0.389. The summed E-state index contributed by atoms with van der Waals surface area (Å²) in [5.41, 5.74) is 1.13. The van der Waals surface area contributed by atoms with Crippen LogP contribution in [0.4, 0.5) is 5.69 Å². The predicted molar refractivity (Wildman–Crippen MR) is 91.6 cm³/mol. The first-order valence-corrected chi connectivity index (χ1v) is 8.48. The van der Waals surface area contributed by atoms with Gasteiger partial charge in [0, 0.05) is 17.1 Å². The van der Waals surface area contributed by atoms with Gasteiger partial charge in [-0.25, -0.2) is 0 Å². The van der Waals surface area contributed by atoms with Gasteiger partial charge in [0.05, 0.1) is 11.4 Å². The number of benzene rings is 1. The minimum Gasteiger partial charge on any atom is -0.364 e. The second-order valence-electron chi connectivity index (χ2n) is 5.15. The van der Waals surface area contributed by atoms with Gasteiger partial charge < -0.3 is 4.90 Å². The number of aryl methyl sites for hydroxylation is 1. The Morgan fingerprint density at radius 2 is 1.86 bits per heavy atom. The highest BCUT2D eigenvalue weighted by Crippen LogP contribution is 2.20. The Morgan fingerprint density at radius 3 is 2.48 bits per heavy atom. The Morgan fingerprint density at radius 1 is 1.10 bits per heavy atom. The average Bonchev–Trinajstić information content (AvgIpc) is 3.01. The van der Waals surface area contributed by atoms with Gasteiger partial charge in [-0.1, -0.05) is 38.5 Å². The molecule has 0 bridgehead atoms. The molecular formula is C18H23NOS. The van der Waals surface area contributed by atoms with E-state index in [1.807, 2.05) is 24.3 Å². The zero-order chi connectivity index (χ0) is 15.1. The van der Waals surface area contributed by atoms with Crippen molar-refractivity contribution in [1.29, 1.82) is 0 Å². The van der Waals surface area contributed by atoms with Crippen molar-refractivity contribution < 1.29 is 4.79 Å². The van der Waals surface area contributed by atoms with Gasteiger partial charge in [-0.2, -0.15) is 0 Å². The molecule has 2 rings (SSSR count). The molecule has 0 amide bonds. The first kappa shape index (κ1) is 15.8. The Kier molecular flexibility index (Phi) is 6.00. The molecule has 0 unspecified atom stereocenters. The van der Waals surface area contributed by atoms with E-state index in [9.17, 15) is 4.79 Å². The van der Waals surface area contributed by atoms with Crippen molar-refractivity contribution in [3.8, 4) is 0 Å². The summed E-state index contributed by atoms with van der Waals surface area (Å²) in [5, 5.41) is 0. The third-order valence-electron chi connectivity index (χ3n) is 3.52. The van der Waals surface area contributed by atoms with Crippen molar-refractivity contribution in [2.24, 2.45) is 0 Å². The Hall–Kier alpha value is -1.61. The lowest BCUT2D eigenvalue weighted by Gasteiger charge is -2.23. The molecule has 0 aliphatic carbocycles. The van der Waals surface area contributed by atoms with Gasteiger partial charge in [-0.3, -0.25) is 4.79 Å². The van der Waals surface area contributed by atoms with E-state index >= 15 is 0 Å². The molecule has 1 heterocycles. The summed E-state index contributed by atoms with van der Waals surface area (Å²) >= 11 is 1.63. The van der Waals surface area contributed by atoms with Gasteiger partial charge in [-0.15, -0.1) is 11.3 Å².